The molecule has 0 unspecified atom stereocenters. The number of hydrogen-bond donors (Lipinski definition) is 2. The van der Waals surface area contributed by atoms with E-state index in [-0.39, 0.29) is 22.7 Å². The molecule has 3 rings (SSSR count). The molecule has 0 aliphatic heterocycles. The molecule has 0 radical (unpaired) electrons. The van der Waals surface area contributed by atoms with Crippen molar-refractivity contribution in [3.8, 4) is 0 Å². The highest BCUT2D eigenvalue weighted by Crippen LogP contribution is 2.13. The minimum Gasteiger partial charge on any atom is -0.456 e. The summed E-state index contributed by atoms with van der Waals surface area (Å²) in [6, 6.07) is 19.7. The monoisotopic (exact) mass is 461 g/mol. The zero-order valence-electron chi connectivity index (χ0n) is 17.7. The number of hydrogen-bond acceptors (Lipinski definition) is 7. The van der Waals surface area contributed by atoms with E-state index < -0.39 is 35.7 Å². The lowest BCUT2D eigenvalue weighted by molar-refractivity contribution is -0.384. The van der Waals surface area contributed by atoms with Crippen LogP contribution in [0.15, 0.2) is 78.9 Å². The Hall–Kier alpha value is -4.86. The molecule has 10 heteroatoms. The van der Waals surface area contributed by atoms with Crippen LogP contribution in [0.25, 0.3) is 0 Å². The third kappa shape index (κ3) is 6.57. The molecule has 2 amide bonds. The molecule has 0 saturated heterocycles. The highest BCUT2D eigenvalue weighted by Gasteiger charge is 2.14. The average Bonchev–Trinajstić information content (AvgIpc) is 2.86. The number of amides is 2. The second kappa shape index (κ2) is 11.1. The predicted molar refractivity (Wildman–Crippen MR) is 122 cm³/mol. The highest BCUT2D eigenvalue weighted by molar-refractivity contribution is 6.04. The number of anilines is 1. The van der Waals surface area contributed by atoms with Gasteiger partial charge in [0, 0.05) is 34.5 Å². The van der Waals surface area contributed by atoms with E-state index in [1.54, 1.807) is 42.5 Å². The Labute approximate surface area is 193 Å². The van der Waals surface area contributed by atoms with Crippen LogP contribution in [0.5, 0.6) is 0 Å². The van der Waals surface area contributed by atoms with Crippen LogP contribution in [0.1, 0.15) is 31.1 Å². The van der Waals surface area contributed by atoms with E-state index >= 15 is 0 Å². The number of nitro groups is 1. The number of carbonyl (C=O) groups is 4. The summed E-state index contributed by atoms with van der Waals surface area (Å²) < 4.78 is 4.88. The Kier molecular flexibility index (Phi) is 7.79. The number of nitro benzene ring substituents is 1. The number of rotatable bonds is 9. The van der Waals surface area contributed by atoms with Crippen LogP contribution in [0.2, 0.25) is 0 Å². The Balaban J connectivity index is 1.45. The number of ketones is 1. The van der Waals surface area contributed by atoms with E-state index in [0.717, 1.165) is 6.07 Å². The molecule has 0 aliphatic carbocycles. The molecule has 10 nitrogen and oxygen atoms in total. The van der Waals surface area contributed by atoms with Gasteiger partial charge in [-0.1, -0.05) is 24.3 Å². The summed E-state index contributed by atoms with van der Waals surface area (Å²) in [5, 5.41) is 15.8. The summed E-state index contributed by atoms with van der Waals surface area (Å²) in [5.41, 5.74) is 1.01. The third-order valence-electron chi connectivity index (χ3n) is 4.58. The van der Waals surface area contributed by atoms with Gasteiger partial charge in [-0.2, -0.15) is 0 Å². The molecule has 34 heavy (non-hydrogen) atoms. The van der Waals surface area contributed by atoms with Gasteiger partial charge in [-0.05, 0) is 42.5 Å². The van der Waals surface area contributed by atoms with Gasteiger partial charge in [0.25, 0.3) is 17.5 Å². The van der Waals surface area contributed by atoms with Gasteiger partial charge in [0.2, 0.25) is 0 Å². The van der Waals surface area contributed by atoms with Gasteiger partial charge >= 0.3 is 5.97 Å². The Morgan fingerprint density at radius 1 is 0.794 bits per heavy atom. The quantitative estimate of drug-likeness (QED) is 0.216. The van der Waals surface area contributed by atoms with Crippen molar-refractivity contribution in [2.45, 2.75) is 0 Å². The Morgan fingerprint density at radius 2 is 1.47 bits per heavy atom. The van der Waals surface area contributed by atoms with Crippen molar-refractivity contribution in [1.82, 2.24) is 5.32 Å². The summed E-state index contributed by atoms with van der Waals surface area (Å²) in [6.45, 7) is -1.06. The highest BCUT2D eigenvalue weighted by atomic mass is 16.6. The largest absolute Gasteiger partial charge is 0.456 e. The van der Waals surface area contributed by atoms with Crippen LogP contribution in [0.3, 0.4) is 0 Å². The fraction of sp³-hybridized carbons (Fsp3) is 0.0833. The standard InChI is InChI=1S/C24H19N3O7/c28-21(16-9-11-19(12-10-16)26-24(31)17-5-2-1-3-6-17)15-34-22(29)14-25-23(30)18-7-4-8-20(13-18)27(32)33/h1-13H,14-15H2,(H,25,30)(H,26,31). The molecule has 0 atom stereocenters. The first-order valence-corrected chi connectivity index (χ1v) is 10.0. The SMILES string of the molecule is O=C(CNC(=O)c1cccc([N+](=O)[O-])c1)OCC(=O)c1ccc(NC(=O)c2ccccc2)cc1. The van der Waals surface area contributed by atoms with Crippen LogP contribution in [0, 0.1) is 10.1 Å². The summed E-state index contributed by atoms with van der Waals surface area (Å²) in [5.74, 6) is -2.31. The molecule has 3 aromatic rings. The summed E-state index contributed by atoms with van der Waals surface area (Å²) in [4.78, 5) is 58.5. The van der Waals surface area contributed by atoms with Crippen LogP contribution in [0.4, 0.5) is 11.4 Å². The lowest BCUT2D eigenvalue weighted by atomic mass is 10.1. The van der Waals surface area contributed by atoms with Crippen molar-refractivity contribution in [3.63, 3.8) is 0 Å². The van der Waals surface area contributed by atoms with Gasteiger partial charge < -0.3 is 15.4 Å². The van der Waals surface area contributed by atoms with Crippen molar-refractivity contribution >= 4 is 34.9 Å². The lowest BCUT2D eigenvalue weighted by Gasteiger charge is -2.08. The van der Waals surface area contributed by atoms with Gasteiger partial charge in [0.05, 0.1) is 4.92 Å². The van der Waals surface area contributed by atoms with E-state index in [1.165, 1.54) is 30.3 Å². The van der Waals surface area contributed by atoms with Crippen molar-refractivity contribution < 1.29 is 28.8 Å². The molecule has 0 aliphatic rings. The Bertz CT molecular complexity index is 1220. The van der Waals surface area contributed by atoms with Crippen molar-refractivity contribution in [1.29, 1.82) is 0 Å². The summed E-state index contributed by atoms with van der Waals surface area (Å²) >= 11 is 0. The second-order valence-electron chi connectivity index (χ2n) is 6.97. The van der Waals surface area contributed by atoms with Gasteiger partial charge in [0.1, 0.15) is 6.54 Å². The molecule has 172 valence electrons. The van der Waals surface area contributed by atoms with E-state index in [1.807, 2.05) is 0 Å². The molecule has 0 fully saturated rings. The smallest absolute Gasteiger partial charge is 0.325 e. The van der Waals surface area contributed by atoms with Gasteiger partial charge in [-0.15, -0.1) is 0 Å². The minimum atomic E-state index is -0.848. The zero-order chi connectivity index (χ0) is 24.5. The number of nitrogens with zero attached hydrogens (tertiary/aromatic N) is 1. The second-order valence-corrected chi connectivity index (χ2v) is 6.97. The van der Waals surface area contributed by atoms with Gasteiger partial charge in [0.15, 0.2) is 12.4 Å². The molecule has 0 spiro atoms. The number of carbonyl (C=O) groups excluding carboxylic acids is 4. The molecule has 0 heterocycles. The summed E-state index contributed by atoms with van der Waals surface area (Å²) in [7, 11) is 0. The minimum absolute atomic E-state index is 0.0116. The molecule has 0 bridgehead atoms. The number of ether oxygens (including phenoxy) is 1. The first-order chi connectivity index (χ1) is 16.3. The fourth-order valence-electron chi connectivity index (χ4n) is 2.83. The number of benzene rings is 3. The predicted octanol–water partition coefficient (Wildman–Crippen LogP) is 3.00. The fourth-order valence-corrected chi connectivity index (χ4v) is 2.83. The van der Waals surface area contributed by atoms with Crippen LogP contribution < -0.4 is 10.6 Å². The average molecular weight is 461 g/mol. The van der Waals surface area contributed by atoms with Crippen molar-refractivity contribution in [2.24, 2.45) is 0 Å². The zero-order valence-corrected chi connectivity index (χ0v) is 17.7. The maximum absolute atomic E-state index is 12.2. The maximum Gasteiger partial charge on any atom is 0.325 e. The molecular weight excluding hydrogens is 442 g/mol. The number of esters is 1. The van der Waals surface area contributed by atoms with E-state index in [9.17, 15) is 29.3 Å². The number of nitrogens with one attached hydrogen (secondary N) is 2. The Morgan fingerprint density at radius 3 is 2.15 bits per heavy atom. The topological polar surface area (TPSA) is 145 Å². The molecule has 3 aromatic carbocycles. The number of non-ortho nitro benzene ring substituents is 1. The third-order valence-corrected chi connectivity index (χ3v) is 4.58. The van der Waals surface area contributed by atoms with E-state index in [0.29, 0.717) is 11.3 Å². The van der Waals surface area contributed by atoms with E-state index in [4.69, 9.17) is 4.74 Å². The molecule has 0 saturated carbocycles. The lowest BCUT2D eigenvalue weighted by Crippen LogP contribution is -2.31. The normalized spacial score (nSPS) is 10.1. The van der Waals surface area contributed by atoms with Crippen LogP contribution in [-0.2, 0) is 9.53 Å². The van der Waals surface area contributed by atoms with Crippen LogP contribution >= 0.6 is 0 Å². The first kappa shape index (κ1) is 23.8. The van der Waals surface area contributed by atoms with Crippen LogP contribution in [-0.4, -0.2) is 41.6 Å². The van der Waals surface area contributed by atoms with Gasteiger partial charge in [-0.3, -0.25) is 29.3 Å². The molecule has 2 N–H and O–H groups in total. The van der Waals surface area contributed by atoms with Crippen molar-refractivity contribution in [3.05, 3.63) is 106 Å². The molecule has 0 aromatic heterocycles. The first-order valence-electron chi connectivity index (χ1n) is 10.0. The number of Topliss-reactive ketones (excluding diaryl/α,β-unsaturated/α-hetero) is 1. The maximum atomic E-state index is 12.2. The molecular formula is C24H19N3O7. The van der Waals surface area contributed by atoms with Crippen molar-refractivity contribution in [2.75, 3.05) is 18.5 Å². The summed E-state index contributed by atoms with van der Waals surface area (Å²) in [6.07, 6.45) is 0. The van der Waals surface area contributed by atoms with E-state index in [2.05, 4.69) is 10.6 Å². The van der Waals surface area contributed by atoms with Gasteiger partial charge in [-0.25, -0.2) is 0 Å².